The Morgan fingerprint density at radius 3 is 2.71 bits per heavy atom. The van der Waals surface area contributed by atoms with Crippen molar-refractivity contribution < 1.29 is 14.3 Å². The molecule has 4 nitrogen and oxygen atoms in total. The average Bonchev–Trinajstić information content (AvgIpc) is 2.36. The van der Waals surface area contributed by atoms with Crippen LogP contribution in [-0.2, 0) is 4.79 Å². The van der Waals surface area contributed by atoms with Crippen LogP contribution in [0.25, 0.3) is 0 Å². The van der Waals surface area contributed by atoms with E-state index in [4.69, 9.17) is 4.74 Å². The third-order valence-corrected chi connectivity index (χ3v) is 2.34. The van der Waals surface area contributed by atoms with E-state index in [1.807, 2.05) is 6.92 Å². The molecule has 0 saturated heterocycles. The van der Waals surface area contributed by atoms with Gasteiger partial charge in [-0.05, 0) is 19.1 Å². The maximum absolute atomic E-state index is 11.8. The Morgan fingerprint density at radius 1 is 1.29 bits per heavy atom. The number of rotatable bonds is 6. The Bertz CT molecular complexity index is 401. The van der Waals surface area contributed by atoms with Gasteiger partial charge in [-0.15, -0.1) is 0 Å². The van der Waals surface area contributed by atoms with Gasteiger partial charge in [-0.2, -0.15) is 0 Å². The molecule has 1 N–H and O–H groups in total. The molecule has 0 saturated carbocycles. The fourth-order valence-corrected chi connectivity index (χ4v) is 1.45. The van der Waals surface area contributed by atoms with E-state index in [2.05, 4.69) is 5.32 Å². The molecule has 1 aromatic rings. The molecule has 0 fully saturated rings. The van der Waals surface area contributed by atoms with E-state index in [0.29, 0.717) is 17.9 Å². The van der Waals surface area contributed by atoms with Crippen molar-refractivity contribution in [2.75, 3.05) is 13.7 Å². The van der Waals surface area contributed by atoms with Crippen molar-refractivity contribution in [3.63, 3.8) is 0 Å². The number of carbonyl (C=O) groups excluding carboxylic acids is 2. The Hall–Kier alpha value is -1.84. The Kier molecular flexibility index (Phi) is 5.20. The van der Waals surface area contributed by atoms with Crippen LogP contribution in [0.1, 0.15) is 30.1 Å². The average molecular weight is 235 g/mol. The van der Waals surface area contributed by atoms with Gasteiger partial charge < -0.3 is 10.1 Å². The summed E-state index contributed by atoms with van der Waals surface area (Å²) in [6.07, 6.45) is 0.447. The Morgan fingerprint density at radius 2 is 2.06 bits per heavy atom. The quantitative estimate of drug-likeness (QED) is 0.765. The molecule has 0 aliphatic carbocycles. The number of benzene rings is 1. The lowest BCUT2D eigenvalue weighted by molar-refractivity contribution is -0.120. The number of nitrogens with one attached hydrogen (secondary N) is 1. The lowest BCUT2D eigenvalue weighted by Gasteiger charge is -2.04. The first kappa shape index (κ1) is 13.2. The molecule has 0 heterocycles. The predicted molar refractivity (Wildman–Crippen MR) is 65.2 cm³/mol. The minimum Gasteiger partial charge on any atom is -0.497 e. The maximum Gasteiger partial charge on any atom is 0.220 e. The van der Waals surface area contributed by atoms with E-state index in [9.17, 15) is 9.59 Å². The number of ketones is 1. The van der Waals surface area contributed by atoms with Gasteiger partial charge in [0.05, 0.1) is 7.11 Å². The molecule has 17 heavy (non-hydrogen) atoms. The van der Waals surface area contributed by atoms with E-state index in [0.717, 1.165) is 0 Å². The van der Waals surface area contributed by atoms with Gasteiger partial charge in [-0.25, -0.2) is 0 Å². The smallest absolute Gasteiger partial charge is 0.220 e. The van der Waals surface area contributed by atoms with Crippen molar-refractivity contribution in [3.05, 3.63) is 29.8 Å². The first-order valence-electron chi connectivity index (χ1n) is 5.61. The summed E-state index contributed by atoms with van der Waals surface area (Å²) in [5, 5.41) is 2.66. The molecule has 4 heteroatoms. The third-order valence-electron chi connectivity index (χ3n) is 2.34. The number of Topliss-reactive ketones (excluding diaryl/α,β-unsaturated/α-hetero) is 1. The lowest BCUT2D eigenvalue weighted by Crippen LogP contribution is -2.23. The van der Waals surface area contributed by atoms with E-state index >= 15 is 0 Å². The molecule has 0 spiro atoms. The van der Waals surface area contributed by atoms with Gasteiger partial charge in [0, 0.05) is 24.9 Å². The Balaban J connectivity index is 2.54. The summed E-state index contributed by atoms with van der Waals surface area (Å²) in [5.74, 6) is 0.507. The molecule has 0 aromatic heterocycles. The summed E-state index contributed by atoms with van der Waals surface area (Å²) in [4.78, 5) is 23.0. The highest BCUT2D eigenvalue weighted by molar-refractivity contribution is 5.98. The summed E-state index contributed by atoms with van der Waals surface area (Å²) in [6.45, 7) is 2.44. The van der Waals surface area contributed by atoms with Crippen LogP contribution in [-0.4, -0.2) is 25.3 Å². The minimum absolute atomic E-state index is 0.0462. The number of amides is 1. The van der Waals surface area contributed by atoms with Crippen molar-refractivity contribution >= 4 is 11.7 Å². The first-order chi connectivity index (χ1) is 8.17. The number of methoxy groups -OCH3 is 1. The highest BCUT2D eigenvalue weighted by Crippen LogP contribution is 2.14. The lowest BCUT2D eigenvalue weighted by atomic mass is 10.1. The van der Waals surface area contributed by atoms with Crippen LogP contribution in [0.3, 0.4) is 0 Å². The zero-order chi connectivity index (χ0) is 12.7. The molecular formula is C13H17NO3. The number of carbonyl (C=O) groups is 2. The molecule has 0 unspecified atom stereocenters. The second-order valence-electron chi connectivity index (χ2n) is 3.61. The minimum atomic E-state index is -0.0938. The van der Waals surface area contributed by atoms with Crippen molar-refractivity contribution in [2.45, 2.75) is 19.8 Å². The normalized spacial score (nSPS) is 9.76. The molecule has 1 amide bonds. The summed E-state index contributed by atoms with van der Waals surface area (Å²) < 4.78 is 5.04. The summed E-state index contributed by atoms with van der Waals surface area (Å²) in [7, 11) is 1.55. The van der Waals surface area contributed by atoms with Crippen LogP contribution in [0.4, 0.5) is 0 Å². The van der Waals surface area contributed by atoms with Gasteiger partial charge in [0.1, 0.15) is 5.75 Å². The zero-order valence-electron chi connectivity index (χ0n) is 10.2. The number of hydrogen-bond donors (Lipinski definition) is 1. The van der Waals surface area contributed by atoms with Gasteiger partial charge in [0.25, 0.3) is 0 Å². The number of hydrogen-bond acceptors (Lipinski definition) is 3. The molecule has 0 radical (unpaired) electrons. The highest BCUT2D eigenvalue weighted by Gasteiger charge is 2.09. The molecule has 0 aliphatic heterocycles. The van der Waals surface area contributed by atoms with Gasteiger partial charge in [0.2, 0.25) is 5.91 Å². The maximum atomic E-state index is 11.8. The van der Waals surface area contributed by atoms with Gasteiger partial charge in [0.15, 0.2) is 5.78 Å². The molecular weight excluding hydrogens is 218 g/mol. The van der Waals surface area contributed by atoms with Crippen molar-refractivity contribution in [1.29, 1.82) is 0 Å². The van der Waals surface area contributed by atoms with E-state index in [1.54, 1.807) is 31.4 Å². The largest absolute Gasteiger partial charge is 0.497 e. The van der Waals surface area contributed by atoms with Gasteiger partial charge >= 0.3 is 0 Å². The number of ether oxygens (including phenoxy) is 1. The summed E-state index contributed by atoms with van der Waals surface area (Å²) in [6, 6.07) is 6.95. The topological polar surface area (TPSA) is 55.4 Å². The van der Waals surface area contributed by atoms with Crippen LogP contribution in [0.5, 0.6) is 5.75 Å². The van der Waals surface area contributed by atoms with Gasteiger partial charge in [-0.3, -0.25) is 9.59 Å². The fraction of sp³-hybridized carbons (Fsp3) is 0.385. The van der Waals surface area contributed by atoms with Crippen molar-refractivity contribution in [2.24, 2.45) is 0 Å². The monoisotopic (exact) mass is 235 g/mol. The standard InChI is InChI=1S/C13H17NO3/c1-3-14-13(16)8-7-12(15)10-5-4-6-11(9-10)17-2/h4-6,9H,3,7-8H2,1-2H3,(H,14,16). The fourth-order valence-electron chi connectivity index (χ4n) is 1.45. The summed E-state index contributed by atoms with van der Waals surface area (Å²) in [5.41, 5.74) is 0.577. The second-order valence-corrected chi connectivity index (χ2v) is 3.61. The van der Waals surface area contributed by atoms with Crippen LogP contribution in [0, 0.1) is 0 Å². The van der Waals surface area contributed by atoms with E-state index in [1.165, 1.54) is 0 Å². The molecule has 1 rings (SSSR count). The van der Waals surface area contributed by atoms with Gasteiger partial charge in [-0.1, -0.05) is 12.1 Å². The van der Waals surface area contributed by atoms with Crippen LogP contribution >= 0.6 is 0 Å². The highest BCUT2D eigenvalue weighted by atomic mass is 16.5. The van der Waals surface area contributed by atoms with E-state index in [-0.39, 0.29) is 24.5 Å². The van der Waals surface area contributed by atoms with Crippen molar-refractivity contribution in [1.82, 2.24) is 5.32 Å². The van der Waals surface area contributed by atoms with Crippen LogP contribution in [0.15, 0.2) is 24.3 Å². The third kappa shape index (κ3) is 4.26. The zero-order valence-corrected chi connectivity index (χ0v) is 10.2. The predicted octanol–water partition coefficient (Wildman–Crippen LogP) is 1.79. The van der Waals surface area contributed by atoms with E-state index < -0.39 is 0 Å². The molecule has 1 aromatic carbocycles. The second kappa shape index (κ2) is 6.68. The Labute approximate surface area is 101 Å². The van der Waals surface area contributed by atoms with Crippen LogP contribution < -0.4 is 10.1 Å². The molecule has 0 atom stereocenters. The van der Waals surface area contributed by atoms with Crippen molar-refractivity contribution in [3.8, 4) is 5.75 Å². The summed E-state index contributed by atoms with van der Waals surface area (Å²) >= 11 is 0. The molecule has 0 aliphatic rings. The first-order valence-corrected chi connectivity index (χ1v) is 5.61. The molecule has 0 bridgehead atoms. The SMILES string of the molecule is CCNC(=O)CCC(=O)c1cccc(OC)c1. The van der Waals surface area contributed by atoms with Crippen LogP contribution in [0.2, 0.25) is 0 Å². The molecule has 92 valence electrons.